The molecule has 4 nitrogen and oxygen atoms in total. The Morgan fingerprint density at radius 2 is 2.21 bits per heavy atom. The summed E-state index contributed by atoms with van der Waals surface area (Å²) in [5.41, 5.74) is 2.09. The van der Waals surface area contributed by atoms with Crippen LogP contribution in [0.1, 0.15) is 12.0 Å². The fraction of sp³-hybridized carbons (Fsp3) is 0.429. The van der Waals surface area contributed by atoms with Crippen LogP contribution < -0.4 is 0 Å². The molecule has 0 spiro atoms. The molecule has 0 N–H and O–H groups in total. The van der Waals surface area contributed by atoms with Gasteiger partial charge in [-0.1, -0.05) is 6.07 Å². The first-order chi connectivity index (χ1) is 9.02. The predicted octanol–water partition coefficient (Wildman–Crippen LogP) is 2.05. The molecule has 0 saturated carbocycles. The summed E-state index contributed by atoms with van der Waals surface area (Å²) in [7, 11) is -2.91. The van der Waals surface area contributed by atoms with Gasteiger partial charge in [-0.3, -0.25) is 4.90 Å². The van der Waals surface area contributed by atoms with Crippen LogP contribution in [0.25, 0.3) is 11.0 Å². The van der Waals surface area contributed by atoms with Gasteiger partial charge in [0.1, 0.15) is 5.58 Å². The maximum absolute atomic E-state index is 11.5. The van der Waals surface area contributed by atoms with Gasteiger partial charge >= 0.3 is 0 Å². The van der Waals surface area contributed by atoms with E-state index in [-0.39, 0.29) is 5.25 Å². The van der Waals surface area contributed by atoms with Crippen LogP contribution in [0.15, 0.2) is 34.9 Å². The van der Waals surface area contributed by atoms with Crippen LogP contribution in [0, 0.1) is 0 Å². The van der Waals surface area contributed by atoms with E-state index in [1.54, 1.807) is 6.26 Å². The van der Waals surface area contributed by atoms with Crippen LogP contribution in [-0.2, 0) is 16.4 Å². The lowest BCUT2D eigenvalue weighted by Gasteiger charge is -2.15. The summed E-state index contributed by atoms with van der Waals surface area (Å²) < 4.78 is 28.4. The summed E-state index contributed by atoms with van der Waals surface area (Å²) in [5, 5.41) is 0.890. The lowest BCUT2D eigenvalue weighted by molar-refractivity contribution is 0.331. The molecule has 1 aliphatic rings. The number of nitrogens with zero attached hydrogens (tertiary/aromatic N) is 1. The number of furan rings is 1. The second-order valence-corrected chi connectivity index (χ2v) is 7.59. The molecule has 1 aromatic carbocycles. The van der Waals surface area contributed by atoms with E-state index in [1.807, 2.05) is 18.2 Å². The molecule has 1 unspecified atom stereocenters. The molecular formula is C14H17NO3S. The van der Waals surface area contributed by atoms with Crippen LogP contribution in [0.5, 0.6) is 0 Å². The molecule has 1 atom stereocenters. The zero-order chi connectivity index (χ0) is 13.5. The van der Waals surface area contributed by atoms with Crippen molar-refractivity contribution in [3.63, 3.8) is 0 Å². The number of fused-ring (bicyclic) bond motifs is 1. The highest BCUT2D eigenvalue weighted by molar-refractivity contribution is 7.91. The fourth-order valence-corrected chi connectivity index (χ4v) is 3.68. The van der Waals surface area contributed by atoms with Gasteiger partial charge in [-0.05, 0) is 36.7 Å². The molecule has 1 fully saturated rings. The largest absolute Gasteiger partial charge is 0.464 e. The highest BCUT2D eigenvalue weighted by atomic mass is 32.2. The van der Waals surface area contributed by atoms with E-state index in [9.17, 15) is 8.42 Å². The third-order valence-electron chi connectivity index (χ3n) is 3.76. The zero-order valence-corrected chi connectivity index (χ0v) is 11.7. The van der Waals surface area contributed by atoms with E-state index in [0.29, 0.717) is 6.54 Å². The first-order valence-corrected chi connectivity index (χ1v) is 8.35. The standard InChI is InChI=1S/C14H17NO3S/c1-19(16,17)13-4-6-15(10-13)9-11-2-3-14-12(8-11)5-7-18-14/h2-3,5,7-8,13H,4,6,9-10H2,1H3. The molecule has 0 bridgehead atoms. The number of benzene rings is 1. The number of likely N-dealkylation sites (tertiary alicyclic amines) is 1. The lowest BCUT2D eigenvalue weighted by atomic mass is 10.1. The van der Waals surface area contributed by atoms with Crippen LogP contribution >= 0.6 is 0 Å². The Balaban J connectivity index is 1.72. The molecule has 0 amide bonds. The maximum Gasteiger partial charge on any atom is 0.151 e. The van der Waals surface area contributed by atoms with Crippen molar-refractivity contribution in [1.82, 2.24) is 4.90 Å². The minimum Gasteiger partial charge on any atom is -0.464 e. The molecule has 0 radical (unpaired) electrons. The quantitative estimate of drug-likeness (QED) is 0.863. The van der Waals surface area contributed by atoms with Crippen molar-refractivity contribution in [2.24, 2.45) is 0 Å². The topological polar surface area (TPSA) is 50.5 Å². The third-order valence-corrected chi connectivity index (χ3v) is 5.35. The minimum atomic E-state index is -2.91. The van der Waals surface area contributed by atoms with Crippen LogP contribution in [0.2, 0.25) is 0 Å². The first-order valence-electron chi connectivity index (χ1n) is 6.40. The van der Waals surface area contributed by atoms with Crippen molar-refractivity contribution >= 4 is 20.8 Å². The van der Waals surface area contributed by atoms with Gasteiger partial charge in [-0.25, -0.2) is 8.42 Å². The molecule has 102 valence electrons. The molecule has 2 aromatic rings. The van der Waals surface area contributed by atoms with Crippen molar-refractivity contribution in [1.29, 1.82) is 0 Å². The smallest absolute Gasteiger partial charge is 0.151 e. The monoisotopic (exact) mass is 279 g/mol. The van der Waals surface area contributed by atoms with Crippen LogP contribution in [0.3, 0.4) is 0 Å². The summed E-state index contributed by atoms with van der Waals surface area (Å²) in [4.78, 5) is 2.20. The van der Waals surface area contributed by atoms with Gasteiger partial charge in [0.25, 0.3) is 0 Å². The summed E-state index contributed by atoms with van der Waals surface area (Å²) in [6, 6.07) is 8.06. The Kier molecular flexibility index (Phi) is 3.11. The van der Waals surface area contributed by atoms with Crippen molar-refractivity contribution in [2.75, 3.05) is 19.3 Å². The molecular weight excluding hydrogens is 262 g/mol. The summed E-state index contributed by atoms with van der Waals surface area (Å²) in [6.07, 6.45) is 3.76. The van der Waals surface area contributed by atoms with E-state index in [0.717, 1.165) is 30.5 Å². The van der Waals surface area contributed by atoms with Crippen molar-refractivity contribution in [3.8, 4) is 0 Å². The summed E-state index contributed by atoms with van der Waals surface area (Å²) in [5.74, 6) is 0. The number of sulfone groups is 1. The number of rotatable bonds is 3. The molecule has 1 aromatic heterocycles. The molecule has 19 heavy (non-hydrogen) atoms. The molecule has 0 aliphatic carbocycles. The minimum absolute atomic E-state index is 0.204. The van der Waals surface area contributed by atoms with Crippen LogP contribution in [0.4, 0.5) is 0 Å². The van der Waals surface area contributed by atoms with E-state index in [4.69, 9.17) is 4.42 Å². The SMILES string of the molecule is CS(=O)(=O)C1CCN(Cc2ccc3occc3c2)C1. The van der Waals surface area contributed by atoms with Crippen molar-refractivity contribution < 1.29 is 12.8 Å². The predicted molar refractivity (Wildman–Crippen MR) is 74.7 cm³/mol. The van der Waals surface area contributed by atoms with E-state index in [2.05, 4.69) is 11.0 Å². The van der Waals surface area contributed by atoms with Gasteiger partial charge in [-0.15, -0.1) is 0 Å². The Bertz CT molecular complexity index is 690. The maximum atomic E-state index is 11.5. The Hall–Kier alpha value is -1.33. The molecule has 5 heteroatoms. The molecule has 1 aliphatic heterocycles. The van der Waals surface area contributed by atoms with Gasteiger partial charge in [0.15, 0.2) is 9.84 Å². The summed E-state index contributed by atoms with van der Waals surface area (Å²) in [6.45, 7) is 2.29. The van der Waals surface area contributed by atoms with E-state index in [1.165, 1.54) is 11.8 Å². The van der Waals surface area contributed by atoms with Gasteiger partial charge in [0, 0.05) is 24.7 Å². The van der Waals surface area contributed by atoms with Gasteiger partial charge < -0.3 is 4.42 Å². The zero-order valence-electron chi connectivity index (χ0n) is 10.9. The highest BCUT2D eigenvalue weighted by Crippen LogP contribution is 2.21. The first kappa shape index (κ1) is 12.7. The average molecular weight is 279 g/mol. The lowest BCUT2D eigenvalue weighted by Crippen LogP contribution is -2.26. The second-order valence-electron chi connectivity index (χ2n) is 5.27. The van der Waals surface area contributed by atoms with Gasteiger partial charge in [0.2, 0.25) is 0 Å². The highest BCUT2D eigenvalue weighted by Gasteiger charge is 2.29. The Morgan fingerprint density at radius 3 is 2.95 bits per heavy atom. The average Bonchev–Trinajstić information content (AvgIpc) is 2.95. The van der Waals surface area contributed by atoms with Gasteiger partial charge in [-0.2, -0.15) is 0 Å². The third kappa shape index (κ3) is 2.67. The molecule has 1 saturated heterocycles. The number of hydrogen-bond donors (Lipinski definition) is 0. The van der Waals surface area contributed by atoms with E-state index >= 15 is 0 Å². The fourth-order valence-electron chi connectivity index (χ4n) is 2.66. The molecule has 2 heterocycles. The van der Waals surface area contributed by atoms with Gasteiger partial charge in [0.05, 0.1) is 11.5 Å². The molecule has 3 rings (SSSR count). The second kappa shape index (κ2) is 4.65. The van der Waals surface area contributed by atoms with Crippen LogP contribution in [-0.4, -0.2) is 37.9 Å². The van der Waals surface area contributed by atoms with E-state index < -0.39 is 9.84 Å². The Morgan fingerprint density at radius 1 is 1.37 bits per heavy atom. The number of hydrogen-bond acceptors (Lipinski definition) is 4. The van der Waals surface area contributed by atoms with Crippen molar-refractivity contribution in [2.45, 2.75) is 18.2 Å². The summed E-state index contributed by atoms with van der Waals surface area (Å²) >= 11 is 0. The van der Waals surface area contributed by atoms with Crippen molar-refractivity contribution in [3.05, 3.63) is 36.1 Å². The normalized spacial score (nSPS) is 21.2. The Labute approximate surface area is 112 Å².